The van der Waals surface area contributed by atoms with Crippen molar-refractivity contribution in [2.45, 2.75) is 58.8 Å². The molecule has 1 aliphatic carbocycles. The molecular weight excluding hydrogens is 477 g/mol. The lowest BCUT2D eigenvalue weighted by molar-refractivity contribution is 0.0535. The number of aliphatic hydroxyl groups is 1. The summed E-state index contributed by atoms with van der Waals surface area (Å²) in [5, 5.41) is 9.30. The van der Waals surface area contributed by atoms with Gasteiger partial charge in [0.2, 0.25) is 5.88 Å². The van der Waals surface area contributed by atoms with Gasteiger partial charge in [-0.05, 0) is 55.9 Å². The number of ether oxygens (including phenoxy) is 1. The zero-order valence-electron chi connectivity index (χ0n) is 20.9. The number of aryl methyl sites for hydroxylation is 1. The third-order valence-electron chi connectivity index (χ3n) is 7.03. The molecule has 9 nitrogen and oxygen atoms in total. The standard InChI is InChI=1S/C27H30FN5O4/c1-3-31-25-23(26(35)32(27(31)36)13-4-14-34)33(16-18-6-9-20(28)10-7-18)24(30-25)19-8-12-22(29-15-19)37-21-11-5-17(21)2/h6-10,12,15,17,21,34H,3-5,11,13-14,16H2,1-2H3. The van der Waals surface area contributed by atoms with Crippen molar-refractivity contribution in [3.8, 4) is 17.3 Å². The Bertz CT molecular complexity index is 1520. The number of hydrogen-bond donors (Lipinski definition) is 1. The lowest BCUT2D eigenvalue weighted by Gasteiger charge is -2.33. The topological polar surface area (TPSA) is 104 Å². The molecule has 1 aromatic carbocycles. The molecule has 194 valence electrons. The van der Waals surface area contributed by atoms with E-state index in [1.54, 1.807) is 29.0 Å². The molecule has 2 atom stereocenters. The van der Waals surface area contributed by atoms with Gasteiger partial charge in [-0.15, -0.1) is 0 Å². The summed E-state index contributed by atoms with van der Waals surface area (Å²) in [5.41, 5.74) is 1.02. The fourth-order valence-corrected chi connectivity index (χ4v) is 4.70. The molecule has 0 aliphatic heterocycles. The van der Waals surface area contributed by atoms with Gasteiger partial charge in [-0.3, -0.25) is 13.9 Å². The normalized spacial score (nSPS) is 17.2. The predicted octanol–water partition coefficient (Wildman–Crippen LogP) is 3.19. The second-order valence-electron chi connectivity index (χ2n) is 9.48. The van der Waals surface area contributed by atoms with E-state index in [1.807, 2.05) is 13.0 Å². The van der Waals surface area contributed by atoms with Gasteiger partial charge in [-0.1, -0.05) is 19.1 Å². The monoisotopic (exact) mass is 507 g/mol. The molecule has 1 N–H and O–H groups in total. The van der Waals surface area contributed by atoms with Gasteiger partial charge in [0.15, 0.2) is 11.2 Å². The Labute approximate surface area is 212 Å². The van der Waals surface area contributed by atoms with Crippen molar-refractivity contribution >= 4 is 11.2 Å². The van der Waals surface area contributed by atoms with Crippen molar-refractivity contribution in [1.82, 2.24) is 23.7 Å². The Balaban J connectivity index is 1.66. The SMILES string of the molecule is CCn1c(=O)n(CCCO)c(=O)c2c1nc(-c1ccc(OC3CCC3C)nc1)n2Cc1ccc(F)cc1. The zero-order valence-corrected chi connectivity index (χ0v) is 20.9. The summed E-state index contributed by atoms with van der Waals surface area (Å²) < 4.78 is 23.9. The summed E-state index contributed by atoms with van der Waals surface area (Å²) >= 11 is 0. The van der Waals surface area contributed by atoms with Gasteiger partial charge in [0.1, 0.15) is 17.7 Å². The van der Waals surface area contributed by atoms with Crippen LogP contribution in [0.5, 0.6) is 5.88 Å². The van der Waals surface area contributed by atoms with E-state index in [9.17, 15) is 19.1 Å². The van der Waals surface area contributed by atoms with E-state index in [0.717, 1.165) is 23.0 Å². The molecule has 4 aromatic rings. The summed E-state index contributed by atoms with van der Waals surface area (Å²) in [6, 6.07) is 9.66. The minimum atomic E-state index is -0.481. The number of pyridine rings is 1. The zero-order chi connectivity index (χ0) is 26.1. The first-order chi connectivity index (χ1) is 17.9. The van der Waals surface area contributed by atoms with Crippen LogP contribution in [0.4, 0.5) is 4.39 Å². The molecule has 1 saturated carbocycles. The first-order valence-electron chi connectivity index (χ1n) is 12.6. The second-order valence-corrected chi connectivity index (χ2v) is 9.48. The number of hydrogen-bond acceptors (Lipinski definition) is 6. The van der Waals surface area contributed by atoms with Gasteiger partial charge in [-0.25, -0.2) is 19.2 Å². The third kappa shape index (κ3) is 4.69. The van der Waals surface area contributed by atoms with Crippen LogP contribution >= 0.6 is 0 Å². The molecule has 1 fully saturated rings. The first-order valence-corrected chi connectivity index (χ1v) is 12.6. The summed E-state index contributed by atoms with van der Waals surface area (Å²) in [5.74, 6) is 1.14. The highest BCUT2D eigenvalue weighted by molar-refractivity contribution is 5.77. The van der Waals surface area contributed by atoms with Gasteiger partial charge in [-0.2, -0.15) is 0 Å². The number of halogens is 1. The number of fused-ring (bicyclic) bond motifs is 1. The smallest absolute Gasteiger partial charge is 0.332 e. The maximum Gasteiger partial charge on any atom is 0.332 e. The Hall–Kier alpha value is -3.79. The van der Waals surface area contributed by atoms with E-state index in [-0.39, 0.29) is 49.2 Å². The van der Waals surface area contributed by atoms with E-state index in [1.165, 1.54) is 16.7 Å². The van der Waals surface area contributed by atoms with Crippen molar-refractivity contribution in [2.75, 3.05) is 6.61 Å². The van der Waals surface area contributed by atoms with Crippen LogP contribution < -0.4 is 16.0 Å². The van der Waals surface area contributed by atoms with Gasteiger partial charge in [0.05, 0.1) is 0 Å². The Morgan fingerprint density at radius 2 is 1.86 bits per heavy atom. The minimum absolute atomic E-state index is 0.0916. The fourth-order valence-electron chi connectivity index (χ4n) is 4.70. The van der Waals surface area contributed by atoms with Crippen LogP contribution in [0.25, 0.3) is 22.6 Å². The maximum absolute atomic E-state index is 13.6. The number of benzene rings is 1. The first kappa shape index (κ1) is 24.9. The van der Waals surface area contributed by atoms with Crippen molar-refractivity contribution in [1.29, 1.82) is 0 Å². The minimum Gasteiger partial charge on any atom is -0.474 e. The summed E-state index contributed by atoms with van der Waals surface area (Å²) in [7, 11) is 0. The van der Waals surface area contributed by atoms with Crippen LogP contribution in [0.1, 0.15) is 38.7 Å². The highest BCUT2D eigenvalue weighted by Crippen LogP contribution is 2.31. The molecule has 0 radical (unpaired) electrons. The van der Waals surface area contributed by atoms with Crippen molar-refractivity contribution in [2.24, 2.45) is 5.92 Å². The van der Waals surface area contributed by atoms with E-state index in [2.05, 4.69) is 11.9 Å². The highest BCUT2D eigenvalue weighted by atomic mass is 19.1. The van der Waals surface area contributed by atoms with Crippen molar-refractivity contribution in [3.05, 3.63) is 74.8 Å². The van der Waals surface area contributed by atoms with Crippen LogP contribution in [0.3, 0.4) is 0 Å². The molecule has 37 heavy (non-hydrogen) atoms. The van der Waals surface area contributed by atoms with Crippen molar-refractivity contribution in [3.63, 3.8) is 0 Å². The molecule has 2 unspecified atom stereocenters. The summed E-state index contributed by atoms with van der Waals surface area (Å²) in [6.45, 7) is 4.47. The fraction of sp³-hybridized carbons (Fsp3) is 0.407. The average Bonchev–Trinajstić information content (AvgIpc) is 3.27. The number of nitrogens with zero attached hydrogens (tertiary/aromatic N) is 5. The molecule has 3 aromatic heterocycles. The van der Waals surface area contributed by atoms with Crippen LogP contribution in [0.2, 0.25) is 0 Å². The highest BCUT2D eigenvalue weighted by Gasteiger charge is 2.29. The number of aromatic nitrogens is 5. The molecule has 10 heteroatoms. The van der Waals surface area contributed by atoms with Crippen LogP contribution in [0, 0.1) is 11.7 Å². The number of aliphatic hydroxyl groups excluding tert-OH is 1. The maximum atomic E-state index is 13.6. The van der Waals surface area contributed by atoms with Gasteiger partial charge < -0.3 is 14.4 Å². The van der Waals surface area contributed by atoms with E-state index < -0.39 is 11.2 Å². The predicted molar refractivity (Wildman–Crippen MR) is 137 cm³/mol. The quantitative estimate of drug-likeness (QED) is 0.373. The van der Waals surface area contributed by atoms with Crippen LogP contribution in [-0.2, 0) is 19.6 Å². The lowest BCUT2D eigenvalue weighted by atomic mass is 9.84. The molecule has 0 amide bonds. The van der Waals surface area contributed by atoms with E-state index in [4.69, 9.17) is 9.72 Å². The second kappa shape index (κ2) is 10.3. The molecule has 1 aliphatic rings. The van der Waals surface area contributed by atoms with E-state index in [0.29, 0.717) is 29.7 Å². The number of imidazole rings is 1. The summed E-state index contributed by atoms with van der Waals surface area (Å²) in [6.07, 6.45) is 4.24. The molecular formula is C27H30FN5O4. The summed E-state index contributed by atoms with van der Waals surface area (Å²) in [4.78, 5) is 35.9. The molecule has 0 bridgehead atoms. The van der Waals surface area contributed by atoms with Crippen molar-refractivity contribution < 1.29 is 14.2 Å². The Morgan fingerprint density at radius 1 is 1.08 bits per heavy atom. The van der Waals surface area contributed by atoms with Gasteiger partial charge in [0.25, 0.3) is 5.56 Å². The third-order valence-corrected chi connectivity index (χ3v) is 7.03. The molecule has 0 saturated heterocycles. The lowest BCUT2D eigenvalue weighted by Crippen LogP contribution is -2.40. The van der Waals surface area contributed by atoms with E-state index >= 15 is 0 Å². The van der Waals surface area contributed by atoms with Gasteiger partial charge >= 0.3 is 5.69 Å². The Morgan fingerprint density at radius 3 is 2.46 bits per heavy atom. The van der Waals surface area contributed by atoms with Crippen LogP contribution in [-0.4, -0.2) is 41.5 Å². The average molecular weight is 508 g/mol. The Kier molecular flexibility index (Phi) is 6.92. The molecule has 3 heterocycles. The largest absolute Gasteiger partial charge is 0.474 e. The number of rotatable bonds is 9. The van der Waals surface area contributed by atoms with Crippen LogP contribution in [0.15, 0.2) is 52.2 Å². The molecule has 0 spiro atoms. The van der Waals surface area contributed by atoms with Gasteiger partial charge in [0, 0.05) is 44.1 Å². The molecule has 5 rings (SSSR count).